The zero-order valence-electron chi connectivity index (χ0n) is 18.7. The van der Waals surface area contributed by atoms with E-state index in [2.05, 4.69) is 14.8 Å². The summed E-state index contributed by atoms with van der Waals surface area (Å²) in [5.74, 6) is 0.511. The highest BCUT2D eigenvalue weighted by molar-refractivity contribution is 7.85. The first-order valence-electron chi connectivity index (χ1n) is 9.98. The van der Waals surface area contributed by atoms with Crippen LogP contribution in [0.4, 0.5) is 10.6 Å². The Kier molecular flexibility index (Phi) is 6.31. The molecule has 0 aliphatic carbocycles. The van der Waals surface area contributed by atoms with E-state index in [4.69, 9.17) is 4.74 Å². The van der Waals surface area contributed by atoms with Crippen molar-refractivity contribution in [2.75, 3.05) is 5.32 Å². The van der Waals surface area contributed by atoms with Crippen molar-refractivity contribution < 1.29 is 13.7 Å². The van der Waals surface area contributed by atoms with Crippen LogP contribution in [0.25, 0.3) is 16.6 Å². The Hall–Kier alpha value is -3.00. The number of amides is 1. The lowest BCUT2D eigenvalue weighted by Crippen LogP contribution is -2.28. The Bertz CT molecular complexity index is 1140. The molecule has 1 amide bonds. The average Bonchev–Trinajstić information content (AvgIpc) is 3.02. The highest BCUT2D eigenvalue weighted by atomic mass is 32.2. The number of carbonyl (C=O) groups excluding carboxylic acids is 1. The molecule has 1 atom stereocenters. The van der Waals surface area contributed by atoms with E-state index < -0.39 is 27.4 Å². The molecule has 164 valence electrons. The number of para-hydroxylation sites is 1. The number of benzene rings is 2. The minimum absolute atomic E-state index is 0.431. The minimum atomic E-state index is -1.35. The van der Waals surface area contributed by atoms with Crippen LogP contribution in [0.2, 0.25) is 0 Å². The Labute approximate surface area is 185 Å². The summed E-state index contributed by atoms with van der Waals surface area (Å²) in [5, 5.41) is 8.27. The van der Waals surface area contributed by atoms with E-state index in [1.807, 2.05) is 90.1 Å². The number of hydrogen-bond donors (Lipinski definition) is 1. The molecule has 0 spiro atoms. The van der Waals surface area contributed by atoms with E-state index in [9.17, 15) is 9.00 Å². The van der Waals surface area contributed by atoms with Crippen LogP contribution in [0.1, 0.15) is 47.1 Å². The van der Waals surface area contributed by atoms with Gasteiger partial charge in [-0.05, 0) is 71.4 Å². The van der Waals surface area contributed by atoms with Crippen LogP contribution >= 0.6 is 0 Å². The second-order valence-corrected chi connectivity index (χ2v) is 11.0. The molecule has 8 heteroatoms. The van der Waals surface area contributed by atoms with Crippen molar-refractivity contribution in [1.82, 2.24) is 9.78 Å². The molecule has 0 bridgehead atoms. The first kappa shape index (κ1) is 22.7. The van der Waals surface area contributed by atoms with Crippen molar-refractivity contribution in [3.05, 3.63) is 54.1 Å². The maximum atomic E-state index is 12.5. The molecule has 7 nitrogen and oxygen atoms in total. The van der Waals surface area contributed by atoms with Gasteiger partial charge in [0.1, 0.15) is 22.4 Å². The molecular formula is C23H28N4O3S. The number of nitrogens with one attached hydrogen (secondary N) is 1. The predicted octanol–water partition coefficient (Wildman–Crippen LogP) is 5.25. The van der Waals surface area contributed by atoms with Crippen LogP contribution in [0, 0.1) is 0 Å². The van der Waals surface area contributed by atoms with Crippen LogP contribution < -0.4 is 5.32 Å². The number of carbonyl (C=O) groups is 1. The quantitative estimate of drug-likeness (QED) is 0.561. The fourth-order valence-corrected chi connectivity index (χ4v) is 3.26. The molecule has 31 heavy (non-hydrogen) atoms. The van der Waals surface area contributed by atoms with Crippen LogP contribution in [-0.2, 0) is 15.7 Å². The smallest absolute Gasteiger partial charge is 0.413 e. The molecular weight excluding hydrogens is 412 g/mol. The van der Waals surface area contributed by atoms with Crippen molar-refractivity contribution in [3.8, 4) is 5.69 Å². The lowest BCUT2D eigenvalue weighted by atomic mass is 10.2. The van der Waals surface area contributed by atoms with Crippen molar-refractivity contribution in [2.24, 2.45) is 4.40 Å². The van der Waals surface area contributed by atoms with Gasteiger partial charge in [-0.2, -0.15) is 9.50 Å². The number of anilines is 1. The summed E-state index contributed by atoms with van der Waals surface area (Å²) in [6.45, 7) is 11.1. The molecule has 1 aromatic heterocycles. The monoisotopic (exact) mass is 440 g/mol. The Morgan fingerprint density at radius 2 is 1.77 bits per heavy atom. The van der Waals surface area contributed by atoms with Gasteiger partial charge in [-0.1, -0.05) is 24.3 Å². The second-order valence-electron chi connectivity index (χ2n) is 9.10. The van der Waals surface area contributed by atoms with Gasteiger partial charge in [0.25, 0.3) is 0 Å². The molecule has 1 N–H and O–H groups in total. The third-order valence-electron chi connectivity index (χ3n) is 4.14. The van der Waals surface area contributed by atoms with Crippen molar-refractivity contribution in [2.45, 2.75) is 51.9 Å². The van der Waals surface area contributed by atoms with E-state index in [0.29, 0.717) is 11.3 Å². The summed E-state index contributed by atoms with van der Waals surface area (Å²) < 4.78 is 23.0. The molecule has 0 fully saturated rings. The van der Waals surface area contributed by atoms with Gasteiger partial charge < -0.3 is 4.74 Å². The number of aromatic nitrogens is 2. The summed E-state index contributed by atoms with van der Waals surface area (Å²) in [7, 11) is -1.35. The molecule has 2 aromatic carbocycles. The standard InChI is InChI=1S/C23H28N4O3S/c1-22(2,3)30-21(28)25-20-18-13-12-16(15-24-31(29)23(4,5)6)14-19(18)26-27(20)17-10-8-7-9-11-17/h7-15H,1-6H3,(H,25,28)/b24-15+/t31-/m1/s1. The molecule has 0 aliphatic heterocycles. The van der Waals surface area contributed by atoms with Crippen molar-refractivity contribution >= 4 is 40.0 Å². The van der Waals surface area contributed by atoms with E-state index in [0.717, 1.165) is 16.6 Å². The van der Waals surface area contributed by atoms with Gasteiger partial charge >= 0.3 is 6.09 Å². The summed E-state index contributed by atoms with van der Waals surface area (Å²) in [6, 6.07) is 15.1. The van der Waals surface area contributed by atoms with Gasteiger partial charge in [-0.25, -0.2) is 13.7 Å². The van der Waals surface area contributed by atoms with Crippen LogP contribution in [0.15, 0.2) is 52.9 Å². The summed E-state index contributed by atoms with van der Waals surface area (Å²) in [5.41, 5.74) is 1.62. The fourth-order valence-electron chi connectivity index (χ4n) is 2.73. The second kappa shape index (κ2) is 8.63. The minimum Gasteiger partial charge on any atom is -0.444 e. The molecule has 0 unspecified atom stereocenters. The number of nitrogens with zero attached hydrogens (tertiary/aromatic N) is 3. The topological polar surface area (TPSA) is 85.6 Å². The van der Waals surface area contributed by atoms with E-state index in [-0.39, 0.29) is 0 Å². The number of hydrogen-bond acceptors (Lipinski definition) is 4. The largest absolute Gasteiger partial charge is 0.444 e. The van der Waals surface area contributed by atoms with Crippen LogP contribution in [-0.4, -0.2) is 36.6 Å². The average molecular weight is 441 g/mol. The first-order chi connectivity index (χ1) is 14.4. The normalized spacial score (nSPS) is 13.5. The zero-order chi connectivity index (χ0) is 22.8. The van der Waals surface area contributed by atoms with Crippen LogP contribution in [0.3, 0.4) is 0 Å². The molecule has 0 radical (unpaired) electrons. The SMILES string of the molecule is CC(C)(C)OC(=O)Nc1c2ccc(/C=N/[S@](=O)C(C)(C)C)cc2nn1-c1ccccc1. The number of fused-ring (bicyclic) bond motifs is 1. The number of ether oxygens (including phenoxy) is 1. The Balaban J connectivity index is 2.03. The molecule has 0 saturated carbocycles. The van der Waals surface area contributed by atoms with E-state index in [1.54, 1.807) is 10.9 Å². The number of rotatable bonds is 4. The van der Waals surface area contributed by atoms with E-state index >= 15 is 0 Å². The molecule has 3 rings (SSSR count). The third kappa shape index (κ3) is 5.79. The summed E-state index contributed by atoms with van der Waals surface area (Å²) in [6.07, 6.45) is 1.03. The predicted molar refractivity (Wildman–Crippen MR) is 126 cm³/mol. The molecule has 0 aliphatic rings. The van der Waals surface area contributed by atoms with Gasteiger partial charge in [0.15, 0.2) is 0 Å². The van der Waals surface area contributed by atoms with Crippen molar-refractivity contribution in [1.29, 1.82) is 0 Å². The van der Waals surface area contributed by atoms with Crippen LogP contribution in [0.5, 0.6) is 0 Å². The fraction of sp³-hybridized carbons (Fsp3) is 0.348. The van der Waals surface area contributed by atoms with Gasteiger partial charge in [-0.15, -0.1) is 0 Å². The van der Waals surface area contributed by atoms with E-state index in [1.165, 1.54) is 0 Å². The molecule has 1 heterocycles. The van der Waals surface area contributed by atoms with Gasteiger partial charge in [-0.3, -0.25) is 5.32 Å². The highest BCUT2D eigenvalue weighted by Gasteiger charge is 2.21. The first-order valence-corrected chi connectivity index (χ1v) is 11.1. The van der Waals surface area contributed by atoms with Gasteiger partial charge in [0, 0.05) is 11.6 Å². The Morgan fingerprint density at radius 1 is 1.10 bits per heavy atom. The summed E-state index contributed by atoms with van der Waals surface area (Å²) in [4.78, 5) is 12.5. The third-order valence-corrected chi connectivity index (χ3v) is 5.48. The van der Waals surface area contributed by atoms with Gasteiger partial charge in [0.2, 0.25) is 0 Å². The maximum absolute atomic E-state index is 12.5. The lowest BCUT2D eigenvalue weighted by Gasteiger charge is -2.20. The maximum Gasteiger partial charge on any atom is 0.413 e. The zero-order valence-corrected chi connectivity index (χ0v) is 19.5. The lowest BCUT2D eigenvalue weighted by molar-refractivity contribution is 0.0635. The van der Waals surface area contributed by atoms with Crippen molar-refractivity contribution in [3.63, 3.8) is 0 Å². The highest BCUT2D eigenvalue weighted by Crippen LogP contribution is 2.28. The van der Waals surface area contributed by atoms with Gasteiger partial charge in [0.05, 0.1) is 16.0 Å². The molecule has 3 aromatic rings. The Morgan fingerprint density at radius 3 is 2.39 bits per heavy atom. The molecule has 0 saturated heterocycles. The summed E-state index contributed by atoms with van der Waals surface area (Å²) >= 11 is 0.